The molecular formula is C15H16N4O3S. The fourth-order valence-electron chi connectivity index (χ4n) is 2.09. The summed E-state index contributed by atoms with van der Waals surface area (Å²) in [5, 5.41) is 13.9. The Kier molecular flexibility index (Phi) is 5.07. The van der Waals surface area contributed by atoms with Crippen molar-refractivity contribution in [3.05, 3.63) is 50.4 Å². The Labute approximate surface area is 138 Å². The van der Waals surface area contributed by atoms with Crippen LogP contribution in [0.1, 0.15) is 11.4 Å². The maximum Gasteiger partial charge on any atom is 0.345 e. The maximum atomic E-state index is 11.1. The Morgan fingerprint density at radius 2 is 2.00 bits per heavy atom. The molecule has 0 saturated carbocycles. The molecule has 0 amide bonds. The van der Waals surface area contributed by atoms with Crippen LogP contribution < -0.4 is 10.1 Å². The molecule has 0 spiro atoms. The maximum absolute atomic E-state index is 11.1. The number of rotatable bonds is 5. The summed E-state index contributed by atoms with van der Waals surface area (Å²) in [4.78, 5) is 14.7. The lowest BCUT2D eigenvalue weighted by Crippen LogP contribution is -2.11. The van der Waals surface area contributed by atoms with E-state index in [4.69, 9.17) is 17.0 Å². The van der Waals surface area contributed by atoms with Gasteiger partial charge in [0.1, 0.15) is 11.6 Å². The largest absolute Gasteiger partial charge is 0.497 e. The van der Waals surface area contributed by atoms with Crippen LogP contribution in [-0.2, 0) is 7.05 Å². The normalized spacial score (nSPS) is 10.7. The first-order valence-electron chi connectivity index (χ1n) is 6.73. The van der Waals surface area contributed by atoms with Crippen LogP contribution in [0.25, 0.3) is 12.2 Å². The van der Waals surface area contributed by atoms with Crippen LogP contribution in [0.15, 0.2) is 24.3 Å². The third-order valence-electron chi connectivity index (χ3n) is 3.28. The van der Waals surface area contributed by atoms with Crippen molar-refractivity contribution in [2.24, 2.45) is 7.05 Å². The number of ether oxygens (including phenoxy) is 1. The Bertz CT molecular complexity index is 813. The van der Waals surface area contributed by atoms with Gasteiger partial charge in [-0.3, -0.25) is 10.1 Å². The van der Waals surface area contributed by atoms with Crippen molar-refractivity contribution in [1.82, 2.24) is 9.55 Å². The predicted molar refractivity (Wildman–Crippen MR) is 92.2 cm³/mol. The minimum atomic E-state index is -0.530. The van der Waals surface area contributed by atoms with Gasteiger partial charge in [-0.25, -0.2) is 4.98 Å². The van der Waals surface area contributed by atoms with E-state index in [0.29, 0.717) is 11.6 Å². The molecule has 0 fully saturated rings. The zero-order chi connectivity index (χ0) is 17.0. The third-order valence-corrected chi connectivity index (χ3v) is 3.57. The zero-order valence-corrected chi connectivity index (χ0v) is 13.8. The van der Waals surface area contributed by atoms with Gasteiger partial charge in [-0.15, -0.1) is 0 Å². The highest BCUT2D eigenvalue weighted by Crippen LogP contribution is 2.25. The van der Waals surface area contributed by atoms with Crippen molar-refractivity contribution in [3.63, 3.8) is 0 Å². The minimum absolute atomic E-state index is 0.0492. The van der Waals surface area contributed by atoms with E-state index in [2.05, 4.69) is 10.3 Å². The number of hydrogen-bond donors (Lipinski definition) is 1. The van der Waals surface area contributed by atoms with Crippen LogP contribution in [0.5, 0.6) is 5.75 Å². The summed E-state index contributed by atoms with van der Waals surface area (Å²) in [6.07, 6.45) is 3.60. The first-order valence-corrected chi connectivity index (χ1v) is 7.14. The summed E-state index contributed by atoms with van der Waals surface area (Å²) in [5.74, 6) is 1.59. The molecule has 2 rings (SSSR count). The molecule has 8 heteroatoms. The number of nitro groups is 1. The number of nitrogens with zero attached hydrogens (tertiary/aromatic N) is 3. The Morgan fingerprint density at radius 1 is 1.35 bits per heavy atom. The fourth-order valence-corrected chi connectivity index (χ4v) is 2.36. The summed E-state index contributed by atoms with van der Waals surface area (Å²) in [6, 6.07) is 7.49. The molecule has 0 unspecified atom stereocenters. The van der Waals surface area contributed by atoms with Crippen molar-refractivity contribution in [2.45, 2.75) is 0 Å². The van der Waals surface area contributed by atoms with Gasteiger partial charge in [-0.1, -0.05) is 30.4 Å². The predicted octanol–water partition coefficient (Wildman–Crippen LogP) is 3.28. The molecule has 1 N–H and O–H groups in total. The van der Waals surface area contributed by atoms with Crippen molar-refractivity contribution >= 4 is 35.9 Å². The number of aromatic nitrogens is 2. The summed E-state index contributed by atoms with van der Waals surface area (Å²) >= 11 is 5.04. The van der Waals surface area contributed by atoms with Crippen molar-refractivity contribution in [2.75, 3.05) is 19.5 Å². The van der Waals surface area contributed by atoms with Crippen molar-refractivity contribution < 1.29 is 9.66 Å². The molecule has 0 aliphatic heterocycles. The van der Waals surface area contributed by atoms with Gasteiger partial charge in [-0.05, 0) is 23.8 Å². The average molecular weight is 332 g/mol. The van der Waals surface area contributed by atoms with E-state index in [1.807, 2.05) is 30.3 Å². The molecule has 2 aromatic rings. The standard InChI is InChI=1S/C15H16N4O3S/c1-16-14-13(19(20)21)15(23)17-12(18(14)2)9-6-10-4-7-11(22-3)8-5-10/h4-9,16H,1-3H3/b9-6+. The highest BCUT2D eigenvalue weighted by Gasteiger charge is 2.20. The second-order valence-corrected chi connectivity index (χ2v) is 5.03. The van der Waals surface area contributed by atoms with E-state index in [0.717, 1.165) is 11.3 Å². The van der Waals surface area contributed by atoms with Crippen LogP contribution in [-0.4, -0.2) is 28.6 Å². The molecular weight excluding hydrogens is 316 g/mol. The van der Waals surface area contributed by atoms with E-state index in [1.54, 1.807) is 31.8 Å². The van der Waals surface area contributed by atoms with Gasteiger partial charge < -0.3 is 14.6 Å². The van der Waals surface area contributed by atoms with Gasteiger partial charge in [0, 0.05) is 14.1 Å². The molecule has 0 saturated heterocycles. The molecule has 1 heterocycles. The zero-order valence-electron chi connectivity index (χ0n) is 12.9. The topological polar surface area (TPSA) is 82.2 Å². The molecule has 0 aliphatic rings. The lowest BCUT2D eigenvalue weighted by Gasteiger charge is -2.11. The Balaban J connectivity index is 2.43. The molecule has 0 bridgehead atoms. The number of anilines is 1. The summed E-state index contributed by atoms with van der Waals surface area (Å²) in [7, 11) is 4.90. The van der Waals surface area contributed by atoms with Crippen molar-refractivity contribution in [1.29, 1.82) is 0 Å². The molecule has 1 aromatic heterocycles. The summed E-state index contributed by atoms with van der Waals surface area (Å²) in [5.41, 5.74) is 0.745. The average Bonchev–Trinajstić information content (AvgIpc) is 2.54. The molecule has 0 radical (unpaired) electrons. The van der Waals surface area contributed by atoms with Gasteiger partial charge >= 0.3 is 5.69 Å². The first-order chi connectivity index (χ1) is 11.0. The van der Waals surface area contributed by atoms with Crippen LogP contribution in [0.3, 0.4) is 0 Å². The van der Waals surface area contributed by atoms with Crippen LogP contribution >= 0.6 is 12.2 Å². The smallest absolute Gasteiger partial charge is 0.345 e. The van der Waals surface area contributed by atoms with Crippen molar-refractivity contribution in [3.8, 4) is 5.75 Å². The van der Waals surface area contributed by atoms with E-state index in [9.17, 15) is 10.1 Å². The Morgan fingerprint density at radius 3 is 2.52 bits per heavy atom. The van der Waals surface area contributed by atoms with Gasteiger partial charge in [0.05, 0.1) is 12.0 Å². The van der Waals surface area contributed by atoms with E-state index < -0.39 is 4.92 Å². The van der Waals surface area contributed by atoms with E-state index in [-0.39, 0.29) is 10.3 Å². The van der Waals surface area contributed by atoms with Crippen LogP contribution in [0.4, 0.5) is 11.5 Å². The van der Waals surface area contributed by atoms with Gasteiger partial charge in [0.25, 0.3) is 0 Å². The van der Waals surface area contributed by atoms with Gasteiger partial charge in [0.2, 0.25) is 4.64 Å². The highest BCUT2D eigenvalue weighted by atomic mass is 32.1. The number of nitrogens with one attached hydrogen (secondary N) is 1. The second-order valence-electron chi connectivity index (χ2n) is 4.64. The monoisotopic (exact) mass is 332 g/mol. The molecule has 120 valence electrons. The molecule has 1 aromatic carbocycles. The molecule has 23 heavy (non-hydrogen) atoms. The van der Waals surface area contributed by atoms with Gasteiger partial charge in [0.15, 0.2) is 5.82 Å². The Hall–Kier alpha value is -2.74. The quantitative estimate of drug-likeness (QED) is 0.514. The summed E-state index contributed by atoms with van der Waals surface area (Å²) in [6.45, 7) is 0. The third kappa shape index (κ3) is 3.54. The molecule has 7 nitrogen and oxygen atoms in total. The second kappa shape index (κ2) is 7.01. The lowest BCUT2D eigenvalue weighted by molar-refractivity contribution is -0.385. The van der Waals surface area contributed by atoms with E-state index >= 15 is 0 Å². The summed E-state index contributed by atoms with van der Waals surface area (Å²) < 4.78 is 6.65. The lowest BCUT2D eigenvalue weighted by atomic mass is 10.2. The van der Waals surface area contributed by atoms with E-state index in [1.165, 1.54) is 0 Å². The first kappa shape index (κ1) is 16.6. The SMILES string of the molecule is CNc1c([N+](=O)[O-])c(=S)nc(/C=C/c2ccc(OC)cc2)n1C. The van der Waals surface area contributed by atoms with Crippen LogP contribution in [0, 0.1) is 14.8 Å². The number of hydrogen-bond acceptors (Lipinski definition) is 6. The fraction of sp³-hybridized carbons (Fsp3) is 0.200. The number of benzene rings is 1. The highest BCUT2D eigenvalue weighted by molar-refractivity contribution is 7.71. The number of methoxy groups -OCH3 is 1. The molecule has 0 aliphatic carbocycles. The minimum Gasteiger partial charge on any atom is -0.497 e. The van der Waals surface area contributed by atoms with Gasteiger partial charge in [-0.2, -0.15) is 0 Å². The van der Waals surface area contributed by atoms with Crippen LogP contribution in [0.2, 0.25) is 0 Å². The molecule has 0 atom stereocenters.